The van der Waals surface area contributed by atoms with E-state index < -0.39 is 0 Å². The smallest absolute Gasteiger partial charge is 0.338 e. The van der Waals surface area contributed by atoms with Crippen molar-refractivity contribution in [2.75, 3.05) is 6.61 Å². The summed E-state index contributed by atoms with van der Waals surface area (Å²) in [6.45, 7) is 12.7. The summed E-state index contributed by atoms with van der Waals surface area (Å²) in [6, 6.07) is 5.76. The van der Waals surface area contributed by atoms with E-state index in [9.17, 15) is 4.79 Å². The van der Waals surface area contributed by atoms with Crippen molar-refractivity contribution in [3.05, 3.63) is 77.6 Å². The molecule has 0 N–H and O–H groups in total. The van der Waals surface area contributed by atoms with Crippen LogP contribution in [0.3, 0.4) is 0 Å². The minimum absolute atomic E-state index is 0.211. The van der Waals surface area contributed by atoms with Gasteiger partial charge in [-0.05, 0) is 50.5 Å². The Bertz CT molecular complexity index is 778. The van der Waals surface area contributed by atoms with Crippen LogP contribution in [-0.4, -0.2) is 28.6 Å². The van der Waals surface area contributed by atoms with Crippen LogP contribution >= 0.6 is 0 Å². The van der Waals surface area contributed by atoms with E-state index in [0.717, 1.165) is 35.5 Å². The molecule has 0 aliphatic carbocycles. The van der Waals surface area contributed by atoms with E-state index in [-0.39, 0.29) is 12.1 Å². The van der Waals surface area contributed by atoms with Crippen LogP contribution in [0.2, 0.25) is 0 Å². The van der Waals surface area contributed by atoms with Gasteiger partial charge in [0.15, 0.2) is 0 Å². The van der Waals surface area contributed by atoms with Crippen molar-refractivity contribution in [1.82, 2.24) is 9.88 Å². The van der Waals surface area contributed by atoms with Crippen molar-refractivity contribution in [2.45, 2.75) is 53.2 Å². The van der Waals surface area contributed by atoms with E-state index in [1.807, 2.05) is 56.0 Å². The number of allylic oxidation sites excluding steroid dienone is 2. The number of aromatic nitrogens is 1. The molecule has 1 unspecified atom stereocenters. The SMILES string of the molecule is C=CN1C(C(CC)OCc2ccccn2)=C(C)C(C(=O)OCCC)=C/C1=C/C. The molecule has 0 saturated heterocycles. The van der Waals surface area contributed by atoms with Gasteiger partial charge >= 0.3 is 5.97 Å². The van der Waals surface area contributed by atoms with Gasteiger partial charge in [-0.2, -0.15) is 0 Å². The van der Waals surface area contributed by atoms with Gasteiger partial charge in [-0.1, -0.05) is 32.6 Å². The Kier molecular flexibility index (Phi) is 8.20. The molecule has 5 heteroatoms. The van der Waals surface area contributed by atoms with Crippen LogP contribution in [0.25, 0.3) is 0 Å². The molecule has 0 saturated carbocycles. The summed E-state index contributed by atoms with van der Waals surface area (Å²) in [6.07, 6.45) is 8.64. The summed E-state index contributed by atoms with van der Waals surface area (Å²) in [7, 11) is 0. The number of carbonyl (C=O) groups is 1. The van der Waals surface area contributed by atoms with Gasteiger partial charge < -0.3 is 14.4 Å². The summed E-state index contributed by atoms with van der Waals surface area (Å²) < 4.78 is 11.6. The molecule has 0 amide bonds. The average Bonchev–Trinajstić information content (AvgIpc) is 2.73. The maximum atomic E-state index is 12.6. The normalized spacial score (nSPS) is 16.8. The lowest BCUT2D eigenvalue weighted by Crippen LogP contribution is -2.32. The quantitative estimate of drug-likeness (QED) is 0.569. The van der Waals surface area contributed by atoms with E-state index in [4.69, 9.17) is 9.47 Å². The van der Waals surface area contributed by atoms with Crippen molar-refractivity contribution in [2.24, 2.45) is 0 Å². The maximum absolute atomic E-state index is 12.6. The second-order valence-corrected chi connectivity index (χ2v) is 6.50. The zero-order valence-corrected chi connectivity index (χ0v) is 17.3. The molecule has 1 atom stereocenters. The van der Waals surface area contributed by atoms with Gasteiger partial charge in [0, 0.05) is 18.1 Å². The lowest BCUT2D eigenvalue weighted by molar-refractivity contribution is -0.138. The first kappa shape index (κ1) is 21.6. The number of hydrogen-bond donors (Lipinski definition) is 0. The van der Waals surface area contributed by atoms with Gasteiger partial charge in [-0.25, -0.2) is 4.79 Å². The van der Waals surface area contributed by atoms with E-state index in [0.29, 0.717) is 18.8 Å². The van der Waals surface area contributed by atoms with Gasteiger partial charge in [0.1, 0.15) is 0 Å². The molecule has 28 heavy (non-hydrogen) atoms. The highest BCUT2D eigenvalue weighted by Gasteiger charge is 2.30. The predicted octanol–water partition coefficient (Wildman–Crippen LogP) is 4.89. The summed E-state index contributed by atoms with van der Waals surface area (Å²) in [5, 5.41) is 0. The third-order valence-electron chi connectivity index (χ3n) is 4.59. The Morgan fingerprint density at radius 2 is 2.14 bits per heavy atom. The number of pyridine rings is 1. The van der Waals surface area contributed by atoms with Crippen LogP contribution in [0.1, 0.15) is 46.2 Å². The average molecular weight is 383 g/mol. The largest absolute Gasteiger partial charge is 0.462 e. The van der Waals surface area contributed by atoms with E-state index in [1.54, 1.807) is 12.4 Å². The van der Waals surface area contributed by atoms with Gasteiger partial charge in [-0.15, -0.1) is 0 Å². The van der Waals surface area contributed by atoms with Crippen molar-refractivity contribution >= 4 is 5.97 Å². The monoisotopic (exact) mass is 382 g/mol. The molecule has 2 rings (SSSR count). The second-order valence-electron chi connectivity index (χ2n) is 6.50. The van der Waals surface area contributed by atoms with Crippen LogP contribution in [0.4, 0.5) is 0 Å². The van der Waals surface area contributed by atoms with Gasteiger partial charge in [0.2, 0.25) is 0 Å². The first-order valence-corrected chi connectivity index (χ1v) is 9.76. The van der Waals surface area contributed by atoms with Crippen LogP contribution < -0.4 is 0 Å². The highest BCUT2D eigenvalue weighted by atomic mass is 16.5. The third kappa shape index (κ3) is 4.98. The number of hydrogen-bond acceptors (Lipinski definition) is 5. The molecule has 0 radical (unpaired) electrons. The molecule has 150 valence electrons. The molecule has 0 aromatic carbocycles. The summed E-state index contributed by atoms with van der Waals surface area (Å²) in [5.41, 5.74) is 4.06. The zero-order valence-electron chi connectivity index (χ0n) is 17.3. The topological polar surface area (TPSA) is 51.7 Å². The van der Waals surface area contributed by atoms with Gasteiger partial charge in [0.25, 0.3) is 0 Å². The zero-order chi connectivity index (χ0) is 20.5. The van der Waals surface area contributed by atoms with Crippen LogP contribution in [0.5, 0.6) is 0 Å². The summed E-state index contributed by atoms with van der Waals surface area (Å²) in [5.74, 6) is -0.306. The Labute approximate surface area is 168 Å². The summed E-state index contributed by atoms with van der Waals surface area (Å²) in [4.78, 5) is 18.9. The lowest BCUT2D eigenvalue weighted by Gasteiger charge is -2.35. The van der Waals surface area contributed by atoms with Crippen molar-refractivity contribution in [1.29, 1.82) is 0 Å². The van der Waals surface area contributed by atoms with Crippen molar-refractivity contribution in [3.8, 4) is 0 Å². The predicted molar refractivity (Wildman–Crippen MR) is 111 cm³/mol. The standard InChI is InChI=1S/C23H30N2O3/c1-6-14-27-23(26)20-15-19(7-2)25(9-4)22(17(20)5)21(8-3)28-16-18-12-10-11-13-24-18/h7,9-13,15,21H,4,6,8,14,16H2,1-3,5H3/b19-7-. The van der Waals surface area contributed by atoms with Crippen molar-refractivity contribution in [3.63, 3.8) is 0 Å². The fourth-order valence-electron chi connectivity index (χ4n) is 3.15. The molecule has 2 heterocycles. The molecular formula is C23H30N2O3. The molecule has 0 spiro atoms. The van der Waals surface area contributed by atoms with Crippen molar-refractivity contribution < 1.29 is 14.3 Å². The third-order valence-corrected chi connectivity index (χ3v) is 4.59. The van der Waals surface area contributed by atoms with Crippen LogP contribution in [-0.2, 0) is 20.9 Å². The molecule has 0 fully saturated rings. The first-order valence-electron chi connectivity index (χ1n) is 9.76. The Morgan fingerprint density at radius 3 is 2.71 bits per heavy atom. The van der Waals surface area contributed by atoms with Crippen LogP contribution in [0, 0.1) is 0 Å². The number of nitrogens with zero attached hydrogens (tertiary/aromatic N) is 2. The van der Waals surface area contributed by atoms with E-state index in [1.165, 1.54) is 0 Å². The Morgan fingerprint density at radius 1 is 1.36 bits per heavy atom. The number of ether oxygens (including phenoxy) is 2. The lowest BCUT2D eigenvalue weighted by atomic mass is 9.95. The summed E-state index contributed by atoms with van der Waals surface area (Å²) >= 11 is 0. The first-order chi connectivity index (χ1) is 13.6. The minimum atomic E-state index is -0.306. The highest BCUT2D eigenvalue weighted by Crippen LogP contribution is 2.34. The molecule has 1 aliphatic rings. The minimum Gasteiger partial charge on any atom is -0.462 e. The Hall–Kier alpha value is -2.66. The molecule has 1 aliphatic heterocycles. The molecule has 1 aromatic heterocycles. The van der Waals surface area contributed by atoms with E-state index >= 15 is 0 Å². The number of esters is 1. The van der Waals surface area contributed by atoms with Crippen LogP contribution in [0.15, 0.2) is 71.9 Å². The molecule has 5 nitrogen and oxygen atoms in total. The fourth-order valence-corrected chi connectivity index (χ4v) is 3.15. The van der Waals surface area contributed by atoms with Gasteiger partial charge in [-0.3, -0.25) is 4.98 Å². The molecule has 0 bridgehead atoms. The van der Waals surface area contributed by atoms with E-state index in [2.05, 4.69) is 18.5 Å². The highest BCUT2D eigenvalue weighted by molar-refractivity contribution is 5.94. The maximum Gasteiger partial charge on any atom is 0.338 e. The molecule has 1 aromatic rings. The van der Waals surface area contributed by atoms with Gasteiger partial charge in [0.05, 0.1) is 36.3 Å². The number of rotatable bonds is 9. The second kappa shape index (κ2) is 10.6. The number of carbonyl (C=O) groups excluding carboxylic acids is 1. The Balaban J connectivity index is 2.37. The molecular weight excluding hydrogens is 352 g/mol. The fraction of sp³-hybridized carbons (Fsp3) is 0.391.